The molecule has 0 amide bonds. The summed E-state index contributed by atoms with van der Waals surface area (Å²) in [5.74, 6) is 1.44. The topological polar surface area (TPSA) is 37.8 Å². The van der Waals surface area contributed by atoms with Crippen LogP contribution in [0, 0.1) is 13.8 Å². The van der Waals surface area contributed by atoms with E-state index in [4.69, 9.17) is 11.6 Å². The van der Waals surface area contributed by atoms with Crippen LogP contribution in [0.4, 0.5) is 5.82 Å². The van der Waals surface area contributed by atoms with Crippen LogP contribution in [-0.2, 0) is 0 Å². The smallest absolute Gasteiger partial charge is 0.134 e. The Labute approximate surface area is 110 Å². The predicted molar refractivity (Wildman–Crippen MR) is 72.9 cm³/mol. The summed E-state index contributed by atoms with van der Waals surface area (Å²) in [6.45, 7) is 6.04. The molecular formula is C12H14ClN3S. The van der Waals surface area contributed by atoms with Crippen molar-refractivity contribution in [1.29, 1.82) is 0 Å². The highest BCUT2D eigenvalue weighted by Crippen LogP contribution is 2.25. The predicted octanol–water partition coefficient (Wildman–Crippen LogP) is 3.98. The van der Waals surface area contributed by atoms with Crippen LogP contribution in [0.15, 0.2) is 18.2 Å². The van der Waals surface area contributed by atoms with Crippen LogP contribution >= 0.6 is 22.9 Å². The van der Waals surface area contributed by atoms with Gasteiger partial charge in [-0.2, -0.15) is 0 Å². The number of anilines is 1. The minimum absolute atomic E-state index is 0.221. The third kappa shape index (κ3) is 3.17. The zero-order valence-electron chi connectivity index (χ0n) is 9.99. The summed E-state index contributed by atoms with van der Waals surface area (Å²) in [5.41, 5.74) is 0. The fraction of sp³-hybridized carbons (Fsp3) is 0.333. The lowest BCUT2D eigenvalue weighted by atomic mass is 10.2. The Morgan fingerprint density at radius 2 is 2.06 bits per heavy atom. The van der Waals surface area contributed by atoms with E-state index >= 15 is 0 Å². The maximum absolute atomic E-state index is 5.90. The quantitative estimate of drug-likeness (QED) is 0.855. The Balaban J connectivity index is 2.15. The van der Waals surface area contributed by atoms with Gasteiger partial charge in [0.25, 0.3) is 0 Å². The van der Waals surface area contributed by atoms with Gasteiger partial charge in [0.15, 0.2) is 0 Å². The number of halogens is 1. The molecule has 0 radical (unpaired) electrons. The van der Waals surface area contributed by atoms with Crippen LogP contribution < -0.4 is 5.32 Å². The third-order valence-corrected chi connectivity index (χ3v) is 3.74. The first-order chi connectivity index (χ1) is 8.04. The Bertz CT molecular complexity index is 504. The molecule has 3 nitrogen and oxygen atoms in total. The van der Waals surface area contributed by atoms with E-state index in [2.05, 4.69) is 41.3 Å². The molecular weight excluding hydrogens is 254 g/mol. The lowest BCUT2D eigenvalue weighted by Crippen LogP contribution is -2.07. The number of nitrogens with zero attached hydrogens (tertiary/aromatic N) is 2. The molecule has 0 aliphatic carbocycles. The second-order valence-corrected chi connectivity index (χ2v) is 5.64. The summed E-state index contributed by atoms with van der Waals surface area (Å²) in [7, 11) is 0. The van der Waals surface area contributed by atoms with Gasteiger partial charge in [0.1, 0.15) is 16.8 Å². The van der Waals surface area contributed by atoms with Crippen LogP contribution in [0.25, 0.3) is 0 Å². The second-order valence-electron chi connectivity index (χ2n) is 3.94. The Morgan fingerprint density at radius 1 is 1.29 bits per heavy atom. The van der Waals surface area contributed by atoms with Gasteiger partial charge in [-0.15, -0.1) is 11.3 Å². The molecule has 90 valence electrons. The van der Waals surface area contributed by atoms with Crippen molar-refractivity contribution in [2.24, 2.45) is 0 Å². The average molecular weight is 268 g/mol. The van der Waals surface area contributed by atoms with Crippen LogP contribution in [0.5, 0.6) is 0 Å². The molecule has 1 N–H and O–H groups in total. The van der Waals surface area contributed by atoms with Crippen molar-refractivity contribution < 1.29 is 0 Å². The van der Waals surface area contributed by atoms with E-state index in [0.717, 1.165) is 5.82 Å². The van der Waals surface area contributed by atoms with E-state index in [0.29, 0.717) is 11.0 Å². The fourth-order valence-corrected chi connectivity index (χ4v) is 2.69. The maximum Gasteiger partial charge on any atom is 0.134 e. The number of rotatable bonds is 3. The Hall–Kier alpha value is -1.13. The van der Waals surface area contributed by atoms with E-state index in [1.54, 1.807) is 17.4 Å². The zero-order valence-corrected chi connectivity index (χ0v) is 11.6. The third-order valence-electron chi connectivity index (χ3n) is 2.36. The van der Waals surface area contributed by atoms with Crippen molar-refractivity contribution in [3.8, 4) is 0 Å². The first-order valence-electron chi connectivity index (χ1n) is 5.38. The lowest BCUT2D eigenvalue weighted by Gasteiger charge is -2.13. The molecule has 0 aliphatic heterocycles. The molecule has 0 aliphatic rings. The summed E-state index contributed by atoms with van der Waals surface area (Å²) in [5, 5.41) is 3.80. The molecule has 0 spiro atoms. The van der Waals surface area contributed by atoms with Crippen LogP contribution in [0.3, 0.4) is 0 Å². The molecule has 0 bridgehead atoms. The van der Waals surface area contributed by atoms with Gasteiger partial charge < -0.3 is 5.32 Å². The molecule has 17 heavy (non-hydrogen) atoms. The lowest BCUT2D eigenvalue weighted by molar-refractivity contribution is 0.887. The Kier molecular flexibility index (Phi) is 3.64. The molecule has 0 saturated heterocycles. The van der Waals surface area contributed by atoms with Gasteiger partial charge in [-0.3, -0.25) is 0 Å². The minimum Gasteiger partial charge on any atom is -0.363 e. The monoisotopic (exact) mass is 267 g/mol. The van der Waals surface area contributed by atoms with E-state index in [9.17, 15) is 0 Å². The van der Waals surface area contributed by atoms with E-state index < -0.39 is 0 Å². The SMILES string of the molecule is Cc1nc(Cl)cc(NC(C)c2ccc(C)s2)n1. The summed E-state index contributed by atoms with van der Waals surface area (Å²) < 4.78 is 0. The maximum atomic E-state index is 5.90. The molecule has 0 aromatic carbocycles. The molecule has 0 fully saturated rings. The van der Waals surface area contributed by atoms with Gasteiger partial charge >= 0.3 is 0 Å². The largest absolute Gasteiger partial charge is 0.363 e. The van der Waals surface area contributed by atoms with Crippen molar-refractivity contribution in [1.82, 2.24) is 9.97 Å². The van der Waals surface area contributed by atoms with Crippen molar-refractivity contribution in [3.63, 3.8) is 0 Å². The molecule has 2 heterocycles. The molecule has 0 saturated carbocycles. The number of hydrogen-bond donors (Lipinski definition) is 1. The summed E-state index contributed by atoms with van der Waals surface area (Å²) in [4.78, 5) is 10.9. The number of aromatic nitrogens is 2. The molecule has 2 aromatic rings. The van der Waals surface area contributed by atoms with Gasteiger partial charge in [-0.25, -0.2) is 9.97 Å². The van der Waals surface area contributed by atoms with Gasteiger partial charge in [0.2, 0.25) is 0 Å². The number of nitrogens with one attached hydrogen (secondary N) is 1. The highest BCUT2D eigenvalue weighted by molar-refractivity contribution is 7.12. The standard InChI is InChI=1S/C12H14ClN3S/c1-7-4-5-10(17-7)8(2)14-12-6-11(13)15-9(3)16-12/h4-6,8H,1-3H3,(H,14,15,16). The summed E-state index contributed by atoms with van der Waals surface area (Å²) >= 11 is 7.68. The van der Waals surface area contributed by atoms with Crippen molar-refractivity contribution in [2.45, 2.75) is 26.8 Å². The molecule has 2 aromatic heterocycles. The number of aryl methyl sites for hydroxylation is 2. The van der Waals surface area contributed by atoms with E-state index in [-0.39, 0.29) is 6.04 Å². The van der Waals surface area contributed by atoms with Gasteiger partial charge in [0, 0.05) is 15.8 Å². The van der Waals surface area contributed by atoms with Crippen LogP contribution in [0.2, 0.25) is 5.15 Å². The fourth-order valence-electron chi connectivity index (χ4n) is 1.58. The zero-order chi connectivity index (χ0) is 12.4. The molecule has 5 heteroatoms. The van der Waals surface area contributed by atoms with Gasteiger partial charge in [-0.05, 0) is 32.9 Å². The first-order valence-corrected chi connectivity index (χ1v) is 6.58. The number of hydrogen-bond acceptors (Lipinski definition) is 4. The normalized spacial score (nSPS) is 12.5. The second kappa shape index (κ2) is 5.02. The highest BCUT2D eigenvalue weighted by Gasteiger charge is 2.09. The average Bonchev–Trinajstić information content (AvgIpc) is 2.63. The highest BCUT2D eigenvalue weighted by atomic mass is 35.5. The van der Waals surface area contributed by atoms with Gasteiger partial charge in [-0.1, -0.05) is 11.6 Å². The van der Waals surface area contributed by atoms with E-state index in [1.807, 2.05) is 6.92 Å². The molecule has 1 atom stereocenters. The Morgan fingerprint density at radius 3 is 2.65 bits per heavy atom. The van der Waals surface area contributed by atoms with Crippen LogP contribution in [0.1, 0.15) is 28.5 Å². The van der Waals surface area contributed by atoms with Crippen LogP contribution in [-0.4, -0.2) is 9.97 Å². The molecule has 1 unspecified atom stereocenters. The van der Waals surface area contributed by atoms with E-state index in [1.165, 1.54) is 9.75 Å². The summed E-state index contributed by atoms with van der Waals surface area (Å²) in [6.07, 6.45) is 0. The summed E-state index contributed by atoms with van der Waals surface area (Å²) in [6, 6.07) is 6.22. The minimum atomic E-state index is 0.221. The van der Waals surface area contributed by atoms with Crippen molar-refractivity contribution in [2.75, 3.05) is 5.32 Å². The molecule has 2 rings (SSSR count). The number of thiophene rings is 1. The van der Waals surface area contributed by atoms with Crippen molar-refractivity contribution >= 4 is 28.8 Å². The van der Waals surface area contributed by atoms with Gasteiger partial charge in [0.05, 0.1) is 6.04 Å². The first kappa shape index (κ1) is 12.3. The van der Waals surface area contributed by atoms with Crippen molar-refractivity contribution in [3.05, 3.63) is 38.9 Å².